The van der Waals surface area contributed by atoms with E-state index in [0.717, 1.165) is 25.7 Å². The van der Waals surface area contributed by atoms with Crippen LogP contribution in [0.2, 0.25) is 0 Å². The second-order valence-electron chi connectivity index (χ2n) is 6.63. The quantitative estimate of drug-likeness (QED) is 0.214. The Bertz CT molecular complexity index is 462. The van der Waals surface area contributed by atoms with Gasteiger partial charge in [-0.2, -0.15) is 0 Å². The van der Waals surface area contributed by atoms with E-state index in [4.69, 9.17) is 18.9 Å². The standard InChI is InChI=1S/C20H30O6/c21-19-17(9-13-25-19)15-23-11-7-5-3-1-2-4-6-8-12-24-16-18-10-14-26-20(18)22/h15-16H,1-14H2/b17-15+,18-16+. The van der Waals surface area contributed by atoms with Crippen LogP contribution >= 0.6 is 0 Å². The van der Waals surface area contributed by atoms with Crippen LogP contribution in [0.15, 0.2) is 23.7 Å². The molecule has 6 heteroatoms. The van der Waals surface area contributed by atoms with E-state index in [2.05, 4.69) is 0 Å². The summed E-state index contributed by atoms with van der Waals surface area (Å²) in [5.74, 6) is -0.485. The maximum atomic E-state index is 11.2. The second-order valence-corrected chi connectivity index (χ2v) is 6.63. The van der Waals surface area contributed by atoms with Gasteiger partial charge in [0.15, 0.2) is 0 Å². The Morgan fingerprint density at radius 2 is 1.04 bits per heavy atom. The number of carbonyl (C=O) groups excluding carboxylic acids is 2. The van der Waals surface area contributed by atoms with Crippen molar-refractivity contribution >= 4 is 11.9 Å². The largest absolute Gasteiger partial charge is 0.501 e. The average molecular weight is 366 g/mol. The summed E-state index contributed by atoms with van der Waals surface area (Å²) in [6.45, 7) is 2.29. The first-order chi connectivity index (χ1) is 12.8. The zero-order chi connectivity index (χ0) is 18.5. The van der Waals surface area contributed by atoms with Crippen molar-refractivity contribution < 1.29 is 28.5 Å². The maximum Gasteiger partial charge on any atom is 0.337 e. The van der Waals surface area contributed by atoms with E-state index in [-0.39, 0.29) is 11.9 Å². The Morgan fingerprint density at radius 3 is 1.38 bits per heavy atom. The Morgan fingerprint density at radius 1 is 0.654 bits per heavy atom. The molecule has 0 bridgehead atoms. The Labute approximate surface area is 155 Å². The molecule has 0 N–H and O–H groups in total. The number of unbranched alkanes of at least 4 members (excludes halogenated alkanes) is 7. The highest BCUT2D eigenvalue weighted by atomic mass is 16.5. The summed E-state index contributed by atoms with van der Waals surface area (Å²) in [7, 11) is 0. The predicted octanol–water partition coefficient (Wildman–Crippen LogP) is 3.80. The molecule has 2 saturated heterocycles. The highest BCUT2D eigenvalue weighted by Crippen LogP contribution is 2.14. The number of cyclic esters (lactones) is 2. The van der Waals surface area contributed by atoms with Gasteiger partial charge in [-0.3, -0.25) is 0 Å². The van der Waals surface area contributed by atoms with Crippen molar-refractivity contribution in [1.82, 2.24) is 0 Å². The molecular weight excluding hydrogens is 336 g/mol. The zero-order valence-corrected chi connectivity index (χ0v) is 15.5. The molecule has 0 saturated carbocycles. The number of carbonyl (C=O) groups is 2. The van der Waals surface area contributed by atoms with Crippen LogP contribution in [0.4, 0.5) is 0 Å². The van der Waals surface area contributed by atoms with Gasteiger partial charge in [0.2, 0.25) is 0 Å². The van der Waals surface area contributed by atoms with Gasteiger partial charge in [-0.1, -0.05) is 38.5 Å². The highest BCUT2D eigenvalue weighted by Gasteiger charge is 2.19. The molecule has 6 nitrogen and oxygen atoms in total. The van der Waals surface area contributed by atoms with Crippen molar-refractivity contribution in [1.29, 1.82) is 0 Å². The van der Waals surface area contributed by atoms with E-state index in [1.54, 1.807) is 12.5 Å². The van der Waals surface area contributed by atoms with Gasteiger partial charge < -0.3 is 18.9 Å². The minimum Gasteiger partial charge on any atom is -0.501 e. The van der Waals surface area contributed by atoms with E-state index in [1.807, 2.05) is 0 Å². The van der Waals surface area contributed by atoms with Gasteiger partial charge in [-0.05, 0) is 12.8 Å². The summed E-state index contributed by atoms with van der Waals surface area (Å²) < 4.78 is 20.5. The minimum atomic E-state index is -0.243. The molecule has 2 aliphatic rings. The summed E-state index contributed by atoms with van der Waals surface area (Å²) in [5, 5.41) is 0. The molecular formula is C20H30O6. The molecule has 0 amide bonds. The van der Waals surface area contributed by atoms with Crippen LogP contribution in [-0.4, -0.2) is 38.4 Å². The van der Waals surface area contributed by atoms with Crippen LogP contribution in [0.5, 0.6) is 0 Å². The maximum absolute atomic E-state index is 11.2. The zero-order valence-electron chi connectivity index (χ0n) is 15.5. The van der Waals surface area contributed by atoms with E-state index in [1.165, 1.54) is 25.7 Å². The Kier molecular flexibility index (Phi) is 9.69. The van der Waals surface area contributed by atoms with Crippen LogP contribution in [0, 0.1) is 0 Å². The van der Waals surface area contributed by atoms with Gasteiger partial charge in [0, 0.05) is 12.8 Å². The molecule has 26 heavy (non-hydrogen) atoms. The van der Waals surface area contributed by atoms with Crippen molar-refractivity contribution in [3.05, 3.63) is 23.7 Å². The normalized spacial score (nSPS) is 19.8. The van der Waals surface area contributed by atoms with E-state index < -0.39 is 0 Å². The van der Waals surface area contributed by atoms with Gasteiger partial charge in [0.25, 0.3) is 0 Å². The van der Waals surface area contributed by atoms with Crippen molar-refractivity contribution in [3.8, 4) is 0 Å². The highest BCUT2D eigenvalue weighted by molar-refractivity contribution is 5.90. The fourth-order valence-corrected chi connectivity index (χ4v) is 2.86. The third kappa shape index (κ3) is 7.93. The SMILES string of the molecule is O=C1OCC/C1=C\OCCCCCCCCCCO/C=C1\CCOC1=O. The lowest BCUT2D eigenvalue weighted by Gasteiger charge is -2.04. The van der Waals surface area contributed by atoms with E-state index in [9.17, 15) is 9.59 Å². The summed E-state index contributed by atoms with van der Waals surface area (Å²) in [6, 6.07) is 0. The van der Waals surface area contributed by atoms with Gasteiger partial charge in [-0.25, -0.2) is 9.59 Å². The Hall–Kier alpha value is -1.98. The molecule has 0 radical (unpaired) electrons. The van der Waals surface area contributed by atoms with Crippen molar-refractivity contribution in [2.45, 2.75) is 64.2 Å². The number of esters is 2. The average Bonchev–Trinajstić information content (AvgIpc) is 3.23. The summed E-state index contributed by atoms with van der Waals surface area (Å²) >= 11 is 0. The molecule has 0 aromatic carbocycles. The van der Waals surface area contributed by atoms with Crippen LogP contribution in [0.3, 0.4) is 0 Å². The first kappa shape index (κ1) is 20.3. The lowest BCUT2D eigenvalue weighted by molar-refractivity contribution is -0.136. The molecule has 2 heterocycles. The number of ether oxygens (including phenoxy) is 4. The lowest BCUT2D eigenvalue weighted by Crippen LogP contribution is -1.97. The van der Waals surface area contributed by atoms with Crippen molar-refractivity contribution in [2.75, 3.05) is 26.4 Å². The topological polar surface area (TPSA) is 71.1 Å². The third-order valence-electron chi connectivity index (χ3n) is 4.46. The van der Waals surface area contributed by atoms with Crippen molar-refractivity contribution in [3.63, 3.8) is 0 Å². The predicted molar refractivity (Wildman–Crippen MR) is 96.2 cm³/mol. The molecule has 0 aromatic rings. The van der Waals surface area contributed by atoms with Crippen LogP contribution < -0.4 is 0 Å². The number of hydrogen-bond donors (Lipinski definition) is 0. The molecule has 0 aromatic heterocycles. The monoisotopic (exact) mass is 366 g/mol. The molecule has 2 aliphatic heterocycles. The second kappa shape index (κ2) is 12.4. The molecule has 0 spiro atoms. The summed E-state index contributed by atoms with van der Waals surface area (Å²) in [5.41, 5.74) is 1.29. The number of hydrogen-bond acceptors (Lipinski definition) is 6. The van der Waals surface area contributed by atoms with Gasteiger partial charge in [-0.15, -0.1) is 0 Å². The minimum absolute atomic E-state index is 0.243. The first-order valence-corrected chi connectivity index (χ1v) is 9.73. The molecule has 0 unspecified atom stereocenters. The fraction of sp³-hybridized carbons (Fsp3) is 0.700. The smallest absolute Gasteiger partial charge is 0.337 e. The van der Waals surface area contributed by atoms with E-state index in [0.29, 0.717) is 50.4 Å². The fourth-order valence-electron chi connectivity index (χ4n) is 2.86. The van der Waals surface area contributed by atoms with Crippen LogP contribution in [-0.2, 0) is 28.5 Å². The van der Waals surface area contributed by atoms with E-state index >= 15 is 0 Å². The molecule has 0 aliphatic carbocycles. The Balaban J connectivity index is 1.31. The summed E-state index contributed by atoms with van der Waals surface area (Å²) in [4.78, 5) is 22.4. The molecule has 146 valence electrons. The molecule has 2 rings (SSSR count). The van der Waals surface area contributed by atoms with Gasteiger partial charge in [0.05, 0.1) is 50.1 Å². The van der Waals surface area contributed by atoms with Gasteiger partial charge >= 0.3 is 11.9 Å². The van der Waals surface area contributed by atoms with Crippen LogP contribution in [0.1, 0.15) is 64.2 Å². The molecule has 2 fully saturated rings. The number of rotatable bonds is 13. The molecule has 0 atom stereocenters. The summed E-state index contributed by atoms with van der Waals surface area (Å²) in [6.07, 6.45) is 13.7. The van der Waals surface area contributed by atoms with Crippen LogP contribution in [0.25, 0.3) is 0 Å². The van der Waals surface area contributed by atoms with Crippen molar-refractivity contribution in [2.24, 2.45) is 0 Å². The first-order valence-electron chi connectivity index (χ1n) is 9.73. The third-order valence-corrected chi connectivity index (χ3v) is 4.46. The lowest BCUT2D eigenvalue weighted by atomic mass is 10.1. The van der Waals surface area contributed by atoms with Gasteiger partial charge in [0.1, 0.15) is 0 Å².